The largest absolute Gasteiger partial charge is 0.467 e. The molecule has 1 N–H and O–H groups in total. The third-order valence-electron chi connectivity index (χ3n) is 4.65. The van der Waals surface area contributed by atoms with Gasteiger partial charge in [-0.25, -0.2) is 0 Å². The Morgan fingerprint density at radius 1 is 1.10 bits per heavy atom. The van der Waals surface area contributed by atoms with Crippen molar-refractivity contribution in [3.05, 3.63) is 77.9 Å². The number of aromatic nitrogens is 4. The Balaban J connectivity index is 1.58. The van der Waals surface area contributed by atoms with Crippen molar-refractivity contribution in [3.63, 3.8) is 0 Å². The van der Waals surface area contributed by atoms with E-state index in [-0.39, 0.29) is 11.7 Å². The van der Waals surface area contributed by atoms with Gasteiger partial charge in [0, 0.05) is 6.20 Å². The van der Waals surface area contributed by atoms with Crippen molar-refractivity contribution in [1.82, 2.24) is 25.1 Å². The van der Waals surface area contributed by atoms with Gasteiger partial charge in [-0.05, 0) is 61.4 Å². The first-order valence-corrected chi connectivity index (χ1v) is 10.5. The highest BCUT2D eigenvalue weighted by Gasteiger charge is 2.18. The minimum Gasteiger partial charge on any atom is -0.467 e. The highest BCUT2D eigenvalue weighted by atomic mass is 32.2. The van der Waals surface area contributed by atoms with Crippen LogP contribution in [-0.4, -0.2) is 31.4 Å². The average molecular weight is 420 g/mol. The summed E-state index contributed by atoms with van der Waals surface area (Å²) in [6.07, 6.45) is 3.31. The molecule has 3 heterocycles. The van der Waals surface area contributed by atoms with Gasteiger partial charge in [-0.15, -0.1) is 10.2 Å². The van der Waals surface area contributed by atoms with E-state index in [1.807, 2.05) is 34.9 Å². The third-order valence-corrected chi connectivity index (χ3v) is 5.58. The van der Waals surface area contributed by atoms with Crippen LogP contribution in [0.15, 0.2) is 70.6 Å². The number of furan rings is 1. The molecule has 7 nitrogen and oxygen atoms in total. The molecule has 0 aliphatic rings. The lowest BCUT2D eigenvalue weighted by Gasteiger charge is -2.12. The number of hydrogen-bond donors (Lipinski definition) is 1. The van der Waals surface area contributed by atoms with Crippen molar-refractivity contribution in [1.29, 1.82) is 0 Å². The predicted molar refractivity (Wildman–Crippen MR) is 115 cm³/mol. The number of carbonyl (C=O) groups is 1. The Hall–Kier alpha value is -3.39. The number of pyridine rings is 1. The lowest BCUT2D eigenvalue weighted by molar-refractivity contribution is -0.118. The van der Waals surface area contributed by atoms with Gasteiger partial charge in [0.2, 0.25) is 5.91 Å². The van der Waals surface area contributed by atoms with Crippen LogP contribution in [0.4, 0.5) is 0 Å². The van der Waals surface area contributed by atoms with Crippen LogP contribution in [0.2, 0.25) is 0 Å². The Morgan fingerprint density at radius 3 is 2.73 bits per heavy atom. The van der Waals surface area contributed by atoms with E-state index in [1.54, 1.807) is 18.5 Å². The second-order valence-corrected chi connectivity index (χ2v) is 7.71. The van der Waals surface area contributed by atoms with Crippen LogP contribution in [0.3, 0.4) is 0 Å². The first-order chi connectivity index (χ1) is 14.6. The molecule has 0 aliphatic carbocycles. The van der Waals surface area contributed by atoms with Crippen molar-refractivity contribution in [3.8, 4) is 17.2 Å². The van der Waals surface area contributed by atoms with Crippen LogP contribution >= 0.6 is 11.8 Å². The minimum atomic E-state index is -0.106. The number of nitrogens with one attached hydrogen (secondary N) is 1. The van der Waals surface area contributed by atoms with Gasteiger partial charge in [-0.2, -0.15) is 0 Å². The number of rotatable bonds is 7. The van der Waals surface area contributed by atoms with Crippen LogP contribution in [0, 0.1) is 13.8 Å². The molecule has 1 amide bonds. The molecule has 1 aromatic carbocycles. The Morgan fingerprint density at radius 2 is 2.00 bits per heavy atom. The van der Waals surface area contributed by atoms with E-state index in [4.69, 9.17) is 4.42 Å². The number of amides is 1. The molecule has 0 fully saturated rings. The summed E-state index contributed by atoms with van der Waals surface area (Å²) in [5.74, 6) is 1.46. The molecule has 0 atom stereocenters. The second-order valence-electron chi connectivity index (χ2n) is 6.77. The van der Waals surface area contributed by atoms with Crippen LogP contribution in [-0.2, 0) is 11.3 Å². The number of hydrogen-bond acceptors (Lipinski definition) is 6. The van der Waals surface area contributed by atoms with E-state index in [0.717, 1.165) is 11.4 Å². The fraction of sp³-hybridized carbons (Fsp3) is 0.182. The van der Waals surface area contributed by atoms with Gasteiger partial charge in [0.1, 0.15) is 11.5 Å². The fourth-order valence-corrected chi connectivity index (χ4v) is 3.68. The molecule has 0 aliphatic heterocycles. The summed E-state index contributed by atoms with van der Waals surface area (Å²) in [7, 11) is 0. The minimum absolute atomic E-state index is 0.106. The Kier molecular flexibility index (Phi) is 5.94. The number of carbonyl (C=O) groups excluding carboxylic acids is 1. The molecule has 0 bridgehead atoms. The standard InChI is InChI=1S/C22H21N5O2S/c1-15-8-9-17(12-16(15)2)27-21(19-7-3-4-10-23-19)25-26-22(27)30-14-20(28)24-13-18-6-5-11-29-18/h3-12H,13-14H2,1-2H3,(H,24,28). The molecule has 0 saturated heterocycles. The molecule has 0 saturated carbocycles. The number of benzene rings is 1. The van der Waals surface area contributed by atoms with Gasteiger partial charge in [0.15, 0.2) is 11.0 Å². The van der Waals surface area contributed by atoms with Crippen LogP contribution in [0.5, 0.6) is 0 Å². The third kappa shape index (κ3) is 4.44. The summed E-state index contributed by atoms with van der Waals surface area (Å²) < 4.78 is 7.19. The number of aryl methyl sites for hydroxylation is 2. The highest BCUT2D eigenvalue weighted by molar-refractivity contribution is 7.99. The lowest BCUT2D eigenvalue weighted by atomic mass is 10.1. The monoisotopic (exact) mass is 419 g/mol. The summed E-state index contributed by atoms with van der Waals surface area (Å²) >= 11 is 1.33. The van der Waals surface area contributed by atoms with Crippen molar-refractivity contribution >= 4 is 17.7 Å². The summed E-state index contributed by atoms with van der Waals surface area (Å²) in [5, 5.41) is 12.2. The van der Waals surface area contributed by atoms with Crippen molar-refractivity contribution < 1.29 is 9.21 Å². The molecule has 30 heavy (non-hydrogen) atoms. The molecule has 0 unspecified atom stereocenters. The maximum absolute atomic E-state index is 12.3. The van der Waals surface area contributed by atoms with Gasteiger partial charge >= 0.3 is 0 Å². The first kappa shape index (κ1) is 19.9. The van der Waals surface area contributed by atoms with Crippen LogP contribution < -0.4 is 5.32 Å². The van der Waals surface area contributed by atoms with Crippen molar-refractivity contribution in [2.45, 2.75) is 25.5 Å². The summed E-state index contributed by atoms with van der Waals surface area (Å²) in [6, 6.07) is 15.5. The topological polar surface area (TPSA) is 85.8 Å². The molecule has 0 radical (unpaired) electrons. The van der Waals surface area contributed by atoms with E-state index >= 15 is 0 Å². The van der Waals surface area contributed by atoms with Crippen LogP contribution in [0.1, 0.15) is 16.9 Å². The molecule has 4 aromatic rings. The smallest absolute Gasteiger partial charge is 0.230 e. The summed E-state index contributed by atoms with van der Waals surface area (Å²) in [5.41, 5.74) is 4.03. The maximum Gasteiger partial charge on any atom is 0.230 e. The summed E-state index contributed by atoms with van der Waals surface area (Å²) in [4.78, 5) is 16.7. The zero-order chi connectivity index (χ0) is 20.9. The number of nitrogens with zero attached hydrogens (tertiary/aromatic N) is 4. The van der Waals surface area contributed by atoms with E-state index in [0.29, 0.717) is 23.3 Å². The zero-order valence-corrected chi connectivity index (χ0v) is 17.5. The highest BCUT2D eigenvalue weighted by Crippen LogP contribution is 2.28. The normalized spacial score (nSPS) is 10.9. The molecule has 4 rings (SSSR count). The molecule has 152 valence electrons. The molecule has 8 heteroatoms. The first-order valence-electron chi connectivity index (χ1n) is 9.48. The van der Waals surface area contributed by atoms with Gasteiger partial charge in [-0.1, -0.05) is 23.9 Å². The lowest BCUT2D eigenvalue weighted by Crippen LogP contribution is -2.24. The van der Waals surface area contributed by atoms with E-state index in [9.17, 15) is 4.79 Å². The van der Waals surface area contributed by atoms with Crippen molar-refractivity contribution in [2.24, 2.45) is 0 Å². The molecular formula is C22H21N5O2S. The quantitative estimate of drug-likeness (QED) is 0.457. The number of thioether (sulfide) groups is 1. The predicted octanol–water partition coefficient (Wildman–Crippen LogP) is 3.95. The van der Waals surface area contributed by atoms with Crippen LogP contribution in [0.25, 0.3) is 17.2 Å². The van der Waals surface area contributed by atoms with Gasteiger partial charge in [0.25, 0.3) is 0 Å². The second kappa shape index (κ2) is 8.96. The maximum atomic E-state index is 12.3. The molecule has 3 aromatic heterocycles. The SMILES string of the molecule is Cc1ccc(-n2c(SCC(=O)NCc3ccco3)nnc2-c2ccccn2)cc1C. The Bertz CT molecular complexity index is 1140. The average Bonchev–Trinajstić information content (AvgIpc) is 3.43. The molecular weight excluding hydrogens is 398 g/mol. The van der Waals surface area contributed by atoms with Gasteiger partial charge < -0.3 is 9.73 Å². The zero-order valence-electron chi connectivity index (χ0n) is 16.7. The van der Waals surface area contributed by atoms with E-state index < -0.39 is 0 Å². The molecule has 0 spiro atoms. The fourth-order valence-electron chi connectivity index (χ4n) is 2.90. The van der Waals surface area contributed by atoms with Crippen molar-refractivity contribution in [2.75, 3.05) is 5.75 Å². The van der Waals surface area contributed by atoms with Gasteiger partial charge in [0.05, 0.1) is 24.2 Å². The summed E-state index contributed by atoms with van der Waals surface area (Å²) in [6.45, 7) is 4.50. The Labute approximate surface area is 178 Å². The van der Waals surface area contributed by atoms with E-state index in [1.165, 1.54) is 22.9 Å². The van der Waals surface area contributed by atoms with E-state index in [2.05, 4.69) is 46.5 Å². The van der Waals surface area contributed by atoms with Gasteiger partial charge in [-0.3, -0.25) is 14.3 Å².